The first-order valence-corrected chi connectivity index (χ1v) is 5.82. The molecule has 0 unspecified atom stereocenters. The number of carbonyl (C=O) groups excluding carboxylic acids is 1. The monoisotopic (exact) mass is 262 g/mol. The highest BCUT2D eigenvalue weighted by Gasteiger charge is 2.06. The number of nitrogens with one attached hydrogen (secondary N) is 1. The first kappa shape index (κ1) is 13.2. The first-order chi connectivity index (χ1) is 9.06. The Morgan fingerprint density at radius 3 is 2.84 bits per heavy atom. The van der Waals surface area contributed by atoms with Gasteiger partial charge < -0.3 is 11.1 Å². The lowest BCUT2D eigenvalue weighted by Crippen LogP contribution is -2.15. The minimum atomic E-state index is -0.631. The quantitative estimate of drug-likeness (QED) is 0.842. The predicted molar refractivity (Wildman–Crippen MR) is 68.7 cm³/mol. The van der Waals surface area contributed by atoms with Gasteiger partial charge in [0.2, 0.25) is 5.91 Å². The number of aromatic nitrogens is 2. The van der Waals surface area contributed by atoms with Crippen molar-refractivity contribution in [3.8, 4) is 0 Å². The Hall–Kier alpha value is -2.21. The van der Waals surface area contributed by atoms with Crippen molar-refractivity contribution in [1.82, 2.24) is 15.1 Å². The third-order valence-corrected chi connectivity index (χ3v) is 2.74. The molecule has 0 radical (unpaired) electrons. The van der Waals surface area contributed by atoms with Crippen molar-refractivity contribution < 1.29 is 9.18 Å². The van der Waals surface area contributed by atoms with Crippen LogP contribution in [-0.2, 0) is 20.1 Å². The number of primary amides is 1. The summed E-state index contributed by atoms with van der Waals surface area (Å²) in [6.45, 7) is 0.977. The summed E-state index contributed by atoms with van der Waals surface area (Å²) in [5.74, 6) is -1.07. The Morgan fingerprint density at radius 1 is 1.47 bits per heavy atom. The van der Waals surface area contributed by atoms with Crippen molar-refractivity contribution in [3.05, 3.63) is 53.1 Å². The molecule has 0 saturated carbocycles. The molecule has 1 amide bonds. The second-order valence-electron chi connectivity index (χ2n) is 4.30. The molecular formula is C13H15FN4O. The molecule has 0 aliphatic rings. The number of hydrogen-bond acceptors (Lipinski definition) is 3. The number of rotatable bonds is 5. The van der Waals surface area contributed by atoms with Gasteiger partial charge in [0.15, 0.2) is 0 Å². The molecule has 100 valence electrons. The summed E-state index contributed by atoms with van der Waals surface area (Å²) in [6.07, 6.45) is 3.64. The summed E-state index contributed by atoms with van der Waals surface area (Å²) in [5, 5.41) is 7.15. The van der Waals surface area contributed by atoms with Crippen LogP contribution in [0.4, 0.5) is 4.39 Å². The molecule has 6 heteroatoms. The summed E-state index contributed by atoms with van der Waals surface area (Å²) >= 11 is 0. The number of nitrogens with two attached hydrogens (primary N) is 1. The van der Waals surface area contributed by atoms with Gasteiger partial charge in [0.25, 0.3) is 0 Å². The molecule has 1 aromatic heterocycles. The molecule has 0 spiro atoms. The van der Waals surface area contributed by atoms with Gasteiger partial charge in [-0.05, 0) is 12.1 Å². The second-order valence-corrected chi connectivity index (χ2v) is 4.30. The van der Waals surface area contributed by atoms with E-state index in [4.69, 9.17) is 5.73 Å². The highest BCUT2D eigenvalue weighted by molar-refractivity contribution is 5.92. The molecule has 2 aromatic rings. The van der Waals surface area contributed by atoms with Crippen LogP contribution >= 0.6 is 0 Å². The highest BCUT2D eigenvalue weighted by Crippen LogP contribution is 2.10. The van der Waals surface area contributed by atoms with Crippen LogP contribution in [0.25, 0.3) is 0 Å². The summed E-state index contributed by atoms with van der Waals surface area (Å²) < 4.78 is 15.4. The van der Waals surface area contributed by atoms with E-state index in [0.29, 0.717) is 18.7 Å². The van der Waals surface area contributed by atoms with Crippen molar-refractivity contribution in [2.24, 2.45) is 12.8 Å². The van der Waals surface area contributed by atoms with E-state index in [2.05, 4.69) is 10.4 Å². The van der Waals surface area contributed by atoms with E-state index in [0.717, 1.165) is 11.6 Å². The van der Waals surface area contributed by atoms with E-state index < -0.39 is 11.7 Å². The summed E-state index contributed by atoms with van der Waals surface area (Å²) in [7, 11) is 1.84. The maximum atomic E-state index is 13.7. The van der Waals surface area contributed by atoms with E-state index in [9.17, 15) is 9.18 Å². The van der Waals surface area contributed by atoms with Crippen LogP contribution < -0.4 is 11.1 Å². The fourth-order valence-electron chi connectivity index (χ4n) is 1.75. The van der Waals surface area contributed by atoms with E-state index in [1.807, 2.05) is 13.2 Å². The average Bonchev–Trinajstić information content (AvgIpc) is 2.77. The molecule has 1 aromatic carbocycles. The lowest BCUT2D eigenvalue weighted by Gasteiger charge is -2.06. The molecule has 0 aliphatic heterocycles. The lowest BCUT2D eigenvalue weighted by atomic mass is 10.1. The van der Waals surface area contributed by atoms with Gasteiger partial charge in [-0.1, -0.05) is 6.07 Å². The Balaban J connectivity index is 1.94. The standard InChI is InChI=1S/C13H15FN4O/c1-18-8-9(6-17-18)5-16-7-11-3-2-10(13(15)19)4-12(11)14/h2-4,6,8,16H,5,7H2,1H3,(H2,15,19). The SMILES string of the molecule is Cn1cc(CNCc2ccc(C(N)=O)cc2F)cn1. The van der Waals surface area contributed by atoms with Crippen molar-refractivity contribution in [2.75, 3.05) is 0 Å². The normalized spacial score (nSPS) is 10.6. The molecule has 0 aliphatic carbocycles. The molecule has 0 fully saturated rings. The molecule has 19 heavy (non-hydrogen) atoms. The zero-order valence-corrected chi connectivity index (χ0v) is 10.6. The van der Waals surface area contributed by atoms with Crippen molar-refractivity contribution >= 4 is 5.91 Å². The minimum absolute atomic E-state index is 0.175. The maximum absolute atomic E-state index is 13.7. The Morgan fingerprint density at radius 2 is 2.26 bits per heavy atom. The summed E-state index contributed by atoms with van der Waals surface area (Å²) in [4.78, 5) is 10.9. The largest absolute Gasteiger partial charge is 0.366 e. The Bertz CT molecular complexity index is 594. The van der Waals surface area contributed by atoms with Crippen molar-refractivity contribution in [2.45, 2.75) is 13.1 Å². The molecule has 5 nitrogen and oxygen atoms in total. The van der Waals surface area contributed by atoms with Crippen LogP contribution in [-0.4, -0.2) is 15.7 Å². The average molecular weight is 262 g/mol. The predicted octanol–water partition coefficient (Wildman–Crippen LogP) is 0.948. The third-order valence-electron chi connectivity index (χ3n) is 2.74. The van der Waals surface area contributed by atoms with Crippen molar-refractivity contribution in [3.63, 3.8) is 0 Å². The van der Waals surface area contributed by atoms with Crippen LogP contribution in [0.5, 0.6) is 0 Å². The lowest BCUT2D eigenvalue weighted by molar-refractivity contribution is 0.1000. The van der Waals surface area contributed by atoms with E-state index in [1.165, 1.54) is 6.07 Å². The number of nitrogens with zero attached hydrogens (tertiary/aromatic N) is 2. The number of benzene rings is 1. The first-order valence-electron chi connectivity index (χ1n) is 5.82. The van der Waals surface area contributed by atoms with Crippen molar-refractivity contribution in [1.29, 1.82) is 0 Å². The zero-order chi connectivity index (χ0) is 13.8. The van der Waals surface area contributed by atoms with Gasteiger partial charge >= 0.3 is 0 Å². The van der Waals surface area contributed by atoms with Gasteiger partial charge in [-0.25, -0.2) is 4.39 Å². The fourth-order valence-corrected chi connectivity index (χ4v) is 1.75. The molecule has 2 rings (SSSR count). The number of amides is 1. The second kappa shape index (κ2) is 5.62. The molecule has 0 bridgehead atoms. The van der Waals surface area contributed by atoms with Crippen LogP contribution in [0.2, 0.25) is 0 Å². The van der Waals surface area contributed by atoms with E-state index >= 15 is 0 Å². The highest BCUT2D eigenvalue weighted by atomic mass is 19.1. The topological polar surface area (TPSA) is 72.9 Å². The Kier molecular flexibility index (Phi) is 3.91. The number of halogens is 1. The number of carbonyl (C=O) groups is 1. The fraction of sp³-hybridized carbons (Fsp3) is 0.231. The van der Waals surface area contributed by atoms with E-state index in [-0.39, 0.29) is 5.56 Å². The molecule has 0 atom stereocenters. The van der Waals surface area contributed by atoms with Crippen LogP contribution in [0.1, 0.15) is 21.5 Å². The zero-order valence-electron chi connectivity index (χ0n) is 10.6. The third kappa shape index (κ3) is 3.38. The number of aryl methyl sites for hydroxylation is 1. The minimum Gasteiger partial charge on any atom is -0.366 e. The van der Waals surface area contributed by atoms with Gasteiger partial charge in [0.1, 0.15) is 5.82 Å². The summed E-state index contributed by atoms with van der Waals surface area (Å²) in [6, 6.07) is 4.24. The van der Waals surface area contributed by atoms with Gasteiger partial charge in [-0.2, -0.15) is 5.10 Å². The van der Waals surface area contributed by atoms with Crippen LogP contribution in [0, 0.1) is 5.82 Å². The van der Waals surface area contributed by atoms with Crippen LogP contribution in [0.3, 0.4) is 0 Å². The molecule has 0 saturated heterocycles. The Labute approximate surface area is 110 Å². The van der Waals surface area contributed by atoms with Gasteiger partial charge in [0.05, 0.1) is 6.20 Å². The maximum Gasteiger partial charge on any atom is 0.248 e. The smallest absolute Gasteiger partial charge is 0.248 e. The van der Waals surface area contributed by atoms with Gasteiger partial charge in [-0.3, -0.25) is 9.48 Å². The molecule has 3 N–H and O–H groups in total. The summed E-state index contributed by atoms with van der Waals surface area (Å²) in [5.41, 5.74) is 6.77. The van der Waals surface area contributed by atoms with Gasteiger partial charge in [0, 0.05) is 43.0 Å². The molecule has 1 heterocycles. The van der Waals surface area contributed by atoms with Crippen LogP contribution in [0.15, 0.2) is 30.6 Å². The van der Waals surface area contributed by atoms with Gasteiger partial charge in [-0.15, -0.1) is 0 Å². The molecular weight excluding hydrogens is 247 g/mol. The number of hydrogen-bond donors (Lipinski definition) is 2. The van der Waals surface area contributed by atoms with E-state index in [1.54, 1.807) is 16.9 Å².